The molecule has 0 aliphatic carbocycles. The zero-order chi connectivity index (χ0) is 20.1. The fourth-order valence-corrected chi connectivity index (χ4v) is 3.00. The molecule has 1 amide bonds. The summed E-state index contributed by atoms with van der Waals surface area (Å²) in [6.07, 6.45) is 7.50. The molecule has 0 fully saturated rings. The molecule has 0 unspecified atom stereocenters. The Bertz CT molecular complexity index is 1170. The van der Waals surface area contributed by atoms with Gasteiger partial charge in [-0.2, -0.15) is 5.10 Å². The average Bonchev–Trinajstić information content (AvgIpc) is 3.19. The first-order chi connectivity index (χ1) is 14.2. The van der Waals surface area contributed by atoms with Crippen LogP contribution in [-0.2, 0) is 4.79 Å². The Morgan fingerprint density at radius 1 is 1.07 bits per heavy atom. The summed E-state index contributed by atoms with van der Waals surface area (Å²) < 4.78 is 5.49. The van der Waals surface area contributed by atoms with Gasteiger partial charge < -0.3 is 10.1 Å². The molecule has 2 N–H and O–H groups in total. The molecule has 4 rings (SSSR count). The largest absolute Gasteiger partial charge is 0.484 e. The number of hydrogen-bond acceptors (Lipinski definition) is 4. The maximum absolute atomic E-state index is 11.3. The Balaban J connectivity index is 1.53. The molecule has 2 aromatic heterocycles. The van der Waals surface area contributed by atoms with Crippen molar-refractivity contribution in [2.45, 2.75) is 0 Å². The van der Waals surface area contributed by atoms with Gasteiger partial charge in [0, 0.05) is 24.8 Å². The van der Waals surface area contributed by atoms with E-state index in [4.69, 9.17) is 4.74 Å². The standard InChI is InChI=1S/C23H20N4O2/c1-24-23(28)15-29-19-4-2-3-16(13-19)5-8-21-20-7-6-18(14-22(20)27-26-21)17-9-11-25-12-10-17/h2-14H,15H2,1H3,(H,24,28)(H,26,27)/b8-5+. The number of ether oxygens (including phenoxy) is 1. The van der Waals surface area contributed by atoms with E-state index in [1.54, 1.807) is 19.4 Å². The van der Waals surface area contributed by atoms with Gasteiger partial charge >= 0.3 is 0 Å². The molecule has 6 heteroatoms. The summed E-state index contributed by atoms with van der Waals surface area (Å²) in [7, 11) is 1.58. The molecule has 0 aliphatic heterocycles. The highest BCUT2D eigenvalue weighted by Gasteiger charge is 2.06. The number of pyridine rings is 1. The predicted molar refractivity (Wildman–Crippen MR) is 114 cm³/mol. The van der Waals surface area contributed by atoms with Crippen LogP contribution in [0.25, 0.3) is 34.2 Å². The van der Waals surface area contributed by atoms with Crippen molar-refractivity contribution in [1.82, 2.24) is 20.5 Å². The van der Waals surface area contributed by atoms with Gasteiger partial charge in [-0.05, 0) is 59.2 Å². The van der Waals surface area contributed by atoms with E-state index in [1.165, 1.54) is 0 Å². The summed E-state index contributed by atoms with van der Waals surface area (Å²) in [4.78, 5) is 15.4. The number of likely N-dealkylation sites (N-methyl/N-ethyl adjacent to an activating group) is 1. The lowest BCUT2D eigenvalue weighted by molar-refractivity contribution is -0.122. The summed E-state index contributed by atoms with van der Waals surface area (Å²) in [6.45, 7) is -0.00647. The lowest BCUT2D eigenvalue weighted by Crippen LogP contribution is -2.24. The normalized spacial score (nSPS) is 11.1. The van der Waals surface area contributed by atoms with Crippen LogP contribution in [0.4, 0.5) is 0 Å². The highest BCUT2D eigenvalue weighted by molar-refractivity contribution is 5.92. The highest BCUT2D eigenvalue weighted by Crippen LogP contribution is 2.25. The second-order valence-corrected chi connectivity index (χ2v) is 6.47. The third-order valence-electron chi connectivity index (χ3n) is 4.55. The van der Waals surface area contributed by atoms with Crippen molar-refractivity contribution >= 4 is 29.0 Å². The molecule has 0 aliphatic rings. The number of H-pyrrole nitrogens is 1. The van der Waals surface area contributed by atoms with Gasteiger partial charge in [-0.1, -0.05) is 24.3 Å². The maximum atomic E-state index is 11.3. The first-order valence-corrected chi connectivity index (χ1v) is 9.23. The molecule has 144 valence electrons. The van der Waals surface area contributed by atoms with Crippen LogP contribution in [0, 0.1) is 0 Å². The second kappa shape index (κ2) is 8.39. The van der Waals surface area contributed by atoms with E-state index >= 15 is 0 Å². The summed E-state index contributed by atoms with van der Waals surface area (Å²) in [5, 5.41) is 11.1. The Morgan fingerprint density at radius 3 is 2.76 bits per heavy atom. The molecular weight excluding hydrogens is 364 g/mol. The fourth-order valence-electron chi connectivity index (χ4n) is 3.00. The molecule has 6 nitrogen and oxygen atoms in total. The van der Waals surface area contributed by atoms with Gasteiger partial charge in [-0.25, -0.2) is 0 Å². The van der Waals surface area contributed by atoms with Crippen molar-refractivity contribution < 1.29 is 9.53 Å². The van der Waals surface area contributed by atoms with Gasteiger partial charge in [0.15, 0.2) is 6.61 Å². The van der Waals surface area contributed by atoms with E-state index in [1.807, 2.05) is 48.6 Å². The Kier molecular flexibility index (Phi) is 5.33. The number of aromatic nitrogens is 3. The van der Waals surface area contributed by atoms with Gasteiger partial charge in [-0.15, -0.1) is 0 Å². The number of carbonyl (C=O) groups excluding carboxylic acids is 1. The smallest absolute Gasteiger partial charge is 0.257 e. The van der Waals surface area contributed by atoms with Gasteiger partial charge in [0.05, 0.1) is 11.2 Å². The van der Waals surface area contributed by atoms with Crippen molar-refractivity contribution in [3.63, 3.8) is 0 Å². The monoisotopic (exact) mass is 384 g/mol. The second-order valence-electron chi connectivity index (χ2n) is 6.47. The number of nitrogens with one attached hydrogen (secondary N) is 2. The molecule has 0 radical (unpaired) electrons. The lowest BCUT2D eigenvalue weighted by Gasteiger charge is -2.05. The third-order valence-corrected chi connectivity index (χ3v) is 4.55. The van der Waals surface area contributed by atoms with E-state index in [9.17, 15) is 4.79 Å². The van der Waals surface area contributed by atoms with Crippen LogP contribution in [0.3, 0.4) is 0 Å². The number of benzene rings is 2. The van der Waals surface area contributed by atoms with Crippen LogP contribution in [0.2, 0.25) is 0 Å². The fraction of sp³-hybridized carbons (Fsp3) is 0.0870. The number of nitrogens with zero attached hydrogens (tertiary/aromatic N) is 2. The zero-order valence-electron chi connectivity index (χ0n) is 15.9. The van der Waals surface area contributed by atoms with Gasteiger partial charge in [0.2, 0.25) is 0 Å². The number of amides is 1. The molecule has 2 heterocycles. The highest BCUT2D eigenvalue weighted by atomic mass is 16.5. The van der Waals surface area contributed by atoms with Crippen LogP contribution in [0.15, 0.2) is 67.0 Å². The number of fused-ring (bicyclic) bond motifs is 1. The molecule has 0 saturated heterocycles. The first kappa shape index (κ1) is 18.4. The van der Waals surface area contributed by atoms with Crippen LogP contribution >= 0.6 is 0 Å². The summed E-state index contributed by atoms with van der Waals surface area (Å²) in [5.74, 6) is 0.477. The number of carbonyl (C=O) groups is 1. The Labute approximate surface area is 168 Å². The Hall–Kier alpha value is -3.93. The topological polar surface area (TPSA) is 79.9 Å². The molecule has 0 saturated carbocycles. The van der Waals surface area contributed by atoms with Crippen LogP contribution in [0.5, 0.6) is 5.75 Å². The van der Waals surface area contributed by atoms with E-state index < -0.39 is 0 Å². The van der Waals surface area contributed by atoms with E-state index in [2.05, 4.69) is 38.7 Å². The number of hydrogen-bond donors (Lipinski definition) is 2. The van der Waals surface area contributed by atoms with E-state index in [0.29, 0.717) is 5.75 Å². The Morgan fingerprint density at radius 2 is 1.93 bits per heavy atom. The van der Waals surface area contributed by atoms with Crippen LogP contribution in [-0.4, -0.2) is 34.7 Å². The first-order valence-electron chi connectivity index (χ1n) is 9.23. The number of rotatable bonds is 6. The van der Waals surface area contributed by atoms with Crippen molar-refractivity contribution in [1.29, 1.82) is 0 Å². The summed E-state index contributed by atoms with van der Waals surface area (Å²) in [6, 6.07) is 17.8. The summed E-state index contributed by atoms with van der Waals surface area (Å²) >= 11 is 0. The minimum atomic E-state index is -0.167. The van der Waals surface area contributed by atoms with Crippen molar-refractivity contribution in [2.24, 2.45) is 0 Å². The molecule has 0 bridgehead atoms. The minimum absolute atomic E-state index is 0.00647. The van der Waals surface area contributed by atoms with Crippen molar-refractivity contribution in [3.8, 4) is 16.9 Å². The van der Waals surface area contributed by atoms with Crippen molar-refractivity contribution in [3.05, 3.63) is 78.2 Å². The summed E-state index contributed by atoms with van der Waals surface area (Å²) in [5.41, 5.74) is 5.02. The lowest BCUT2D eigenvalue weighted by atomic mass is 10.0. The third kappa shape index (κ3) is 4.32. The van der Waals surface area contributed by atoms with Gasteiger partial charge in [0.25, 0.3) is 5.91 Å². The van der Waals surface area contributed by atoms with E-state index in [0.717, 1.165) is 33.3 Å². The number of aromatic amines is 1. The van der Waals surface area contributed by atoms with Crippen LogP contribution < -0.4 is 10.1 Å². The predicted octanol–water partition coefficient (Wildman–Crippen LogP) is 3.92. The molecule has 4 aromatic rings. The maximum Gasteiger partial charge on any atom is 0.257 e. The van der Waals surface area contributed by atoms with E-state index in [-0.39, 0.29) is 12.5 Å². The zero-order valence-corrected chi connectivity index (χ0v) is 15.9. The minimum Gasteiger partial charge on any atom is -0.484 e. The average molecular weight is 384 g/mol. The SMILES string of the molecule is CNC(=O)COc1cccc(/C=C/c2n[nH]c3cc(-c4ccncc4)ccc23)c1. The van der Waals surface area contributed by atoms with Gasteiger partial charge in [-0.3, -0.25) is 14.9 Å². The quantitative estimate of drug-likeness (QED) is 0.528. The van der Waals surface area contributed by atoms with Gasteiger partial charge in [0.1, 0.15) is 5.75 Å². The molecule has 29 heavy (non-hydrogen) atoms. The molecule has 2 aromatic carbocycles. The van der Waals surface area contributed by atoms with Crippen molar-refractivity contribution in [2.75, 3.05) is 13.7 Å². The molecular formula is C23H20N4O2. The van der Waals surface area contributed by atoms with Crippen LogP contribution in [0.1, 0.15) is 11.3 Å². The molecule has 0 spiro atoms. The molecule has 0 atom stereocenters.